The van der Waals surface area contributed by atoms with E-state index in [1.165, 1.54) is 17.5 Å². The number of hydrogen-bond acceptors (Lipinski definition) is 2. The highest BCUT2D eigenvalue weighted by Crippen LogP contribution is 2.17. The number of benzene rings is 1. The van der Waals surface area contributed by atoms with Gasteiger partial charge in [0.2, 0.25) is 0 Å². The first-order valence-corrected chi connectivity index (χ1v) is 7.02. The third kappa shape index (κ3) is 4.58. The van der Waals surface area contributed by atoms with Crippen LogP contribution in [0.2, 0.25) is 0 Å². The first kappa shape index (κ1) is 13.6. The van der Waals surface area contributed by atoms with Crippen molar-refractivity contribution in [2.45, 2.75) is 45.0 Å². The smallest absolute Gasteiger partial charge is 0.0671 e. The normalized spacial score (nSPS) is 14.8. The van der Waals surface area contributed by atoms with Crippen molar-refractivity contribution in [2.75, 3.05) is 5.75 Å². The van der Waals surface area contributed by atoms with E-state index in [2.05, 4.69) is 32.9 Å². The van der Waals surface area contributed by atoms with Crippen LogP contribution in [0.4, 0.5) is 0 Å². The summed E-state index contributed by atoms with van der Waals surface area (Å²) in [5, 5.41) is 10.6. The minimum absolute atomic E-state index is 0.222. The standard InChI is InChI=1S/C14H22OS/c1-4-12(3)16-10-14(15)9-13-8-6-5-7-11(13)2/h5-8,12,14-15H,4,9-10H2,1-3H3. The molecule has 0 amide bonds. The fraction of sp³-hybridized carbons (Fsp3) is 0.571. The second-order valence-electron chi connectivity index (χ2n) is 4.34. The Morgan fingerprint density at radius 2 is 2.00 bits per heavy atom. The lowest BCUT2D eigenvalue weighted by Gasteiger charge is -2.14. The molecule has 2 heteroatoms. The lowest BCUT2D eigenvalue weighted by atomic mass is 10.0. The Labute approximate surface area is 103 Å². The molecule has 16 heavy (non-hydrogen) atoms. The highest BCUT2D eigenvalue weighted by molar-refractivity contribution is 7.99. The van der Waals surface area contributed by atoms with Crippen molar-refractivity contribution < 1.29 is 5.11 Å². The summed E-state index contributed by atoms with van der Waals surface area (Å²) < 4.78 is 0. The van der Waals surface area contributed by atoms with Crippen molar-refractivity contribution >= 4 is 11.8 Å². The quantitative estimate of drug-likeness (QED) is 0.819. The maximum atomic E-state index is 9.95. The molecule has 0 aliphatic heterocycles. The van der Waals surface area contributed by atoms with Gasteiger partial charge in [0.25, 0.3) is 0 Å². The Morgan fingerprint density at radius 3 is 2.62 bits per heavy atom. The van der Waals surface area contributed by atoms with Gasteiger partial charge in [-0.05, 0) is 30.9 Å². The molecule has 1 rings (SSSR count). The third-order valence-corrected chi connectivity index (χ3v) is 4.34. The van der Waals surface area contributed by atoms with Crippen LogP contribution in [0.3, 0.4) is 0 Å². The zero-order valence-corrected chi connectivity index (χ0v) is 11.3. The van der Waals surface area contributed by atoms with E-state index in [9.17, 15) is 5.11 Å². The Balaban J connectivity index is 2.40. The predicted octanol–water partition coefficient (Wildman–Crippen LogP) is 3.43. The van der Waals surface area contributed by atoms with Gasteiger partial charge in [0.15, 0.2) is 0 Å². The van der Waals surface area contributed by atoms with Gasteiger partial charge in [-0.3, -0.25) is 0 Å². The van der Waals surface area contributed by atoms with Crippen LogP contribution in [0.15, 0.2) is 24.3 Å². The number of aliphatic hydroxyl groups is 1. The molecule has 0 spiro atoms. The number of aliphatic hydroxyl groups excluding tert-OH is 1. The molecule has 1 nitrogen and oxygen atoms in total. The molecule has 0 saturated heterocycles. The molecule has 90 valence electrons. The van der Waals surface area contributed by atoms with Crippen LogP contribution < -0.4 is 0 Å². The van der Waals surface area contributed by atoms with Crippen molar-refractivity contribution in [1.82, 2.24) is 0 Å². The molecule has 1 N–H and O–H groups in total. The zero-order chi connectivity index (χ0) is 12.0. The van der Waals surface area contributed by atoms with Gasteiger partial charge in [-0.25, -0.2) is 0 Å². The van der Waals surface area contributed by atoms with Gasteiger partial charge in [-0.2, -0.15) is 11.8 Å². The molecule has 1 aromatic rings. The Bertz CT molecular complexity index is 311. The molecular formula is C14H22OS. The third-order valence-electron chi connectivity index (χ3n) is 2.86. The van der Waals surface area contributed by atoms with E-state index in [0.29, 0.717) is 5.25 Å². The fourth-order valence-corrected chi connectivity index (χ4v) is 2.45. The summed E-state index contributed by atoms with van der Waals surface area (Å²) >= 11 is 1.86. The van der Waals surface area contributed by atoms with Crippen molar-refractivity contribution in [1.29, 1.82) is 0 Å². The molecule has 1 aromatic carbocycles. The van der Waals surface area contributed by atoms with Gasteiger partial charge < -0.3 is 5.11 Å². The number of hydrogen-bond donors (Lipinski definition) is 1. The maximum absolute atomic E-state index is 9.95. The molecule has 0 saturated carbocycles. The van der Waals surface area contributed by atoms with E-state index in [1.54, 1.807) is 0 Å². The second kappa shape index (κ2) is 6.97. The predicted molar refractivity (Wildman–Crippen MR) is 73.1 cm³/mol. The number of aryl methyl sites for hydroxylation is 1. The highest BCUT2D eigenvalue weighted by atomic mass is 32.2. The van der Waals surface area contributed by atoms with Crippen molar-refractivity contribution in [3.05, 3.63) is 35.4 Å². The zero-order valence-electron chi connectivity index (χ0n) is 10.4. The van der Waals surface area contributed by atoms with E-state index >= 15 is 0 Å². The van der Waals surface area contributed by atoms with Crippen LogP contribution in [0.25, 0.3) is 0 Å². The summed E-state index contributed by atoms with van der Waals surface area (Å²) in [7, 11) is 0. The molecule has 0 heterocycles. The molecule has 0 bridgehead atoms. The van der Waals surface area contributed by atoms with Crippen LogP contribution in [-0.2, 0) is 6.42 Å². The van der Waals surface area contributed by atoms with Crippen LogP contribution in [-0.4, -0.2) is 22.2 Å². The number of thioether (sulfide) groups is 1. The van der Waals surface area contributed by atoms with E-state index in [1.807, 2.05) is 23.9 Å². The summed E-state index contributed by atoms with van der Waals surface area (Å²) in [6, 6.07) is 8.28. The van der Waals surface area contributed by atoms with Crippen LogP contribution >= 0.6 is 11.8 Å². The monoisotopic (exact) mass is 238 g/mol. The van der Waals surface area contributed by atoms with E-state index in [4.69, 9.17) is 0 Å². The Kier molecular flexibility index (Phi) is 5.93. The van der Waals surface area contributed by atoms with Gasteiger partial charge in [0, 0.05) is 11.0 Å². The second-order valence-corrected chi connectivity index (χ2v) is 5.81. The van der Waals surface area contributed by atoms with Crippen LogP contribution in [0.1, 0.15) is 31.4 Å². The number of rotatable bonds is 6. The Hall–Kier alpha value is -0.470. The van der Waals surface area contributed by atoms with Crippen LogP contribution in [0, 0.1) is 6.92 Å². The first-order valence-electron chi connectivity index (χ1n) is 5.97. The molecule has 0 fully saturated rings. The topological polar surface area (TPSA) is 20.2 Å². The molecular weight excluding hydrogens is 216 g/mol. The molecule has 0 aliphatic carbocycles. The van der Waals surface area contributed by atoms with Crippen molar-refractivity contribution in [3.63, 3.8) is 0 Å². The summed E-state index contributed by atoms with van der Waals surface area (Å²) in [6.45, 7) is 6.50. The summed E-state index contributed by atoms with van der Waals surface area (Å²) in [4.78, 5) is 0. The van der Waals surface area contributed by atoms with Gasteiger partial charge in [0.05, 0.1) is 6.10 Å². The molecule has 2 unspecified atom stereocenters. The van der Waals surface area contributed by atoms with Crippen molar-refractivity contribution in [3.8, 4) is 0 Å². The molecule has 0 aromatic heterocycles. The Morgan fingerprint density at radius 1 is 1.31 bits per heavy atom. The van der Waals surface area contributed by atoms with E-state index < -0.39 is 0 Å². The average Bonchev–Trinajstić information content (AvgIpc) is 2.29. The van der Waals surface area contributed by atoms with Gasteiger partial charge in [-0.1, -0.05) is 38.1 Å². The van der Waals surface area contributed by atoms with Gasteiger partial charge >= 0.3 is 0 Å². The summed E-state index contributed by atoms with van der Waals surface area (Å²) in [5.74, 6) is 0.837. The maximum Gasteiger partial charge on any atom is 0.0671 e. The first-order chi connectivity index (χ1) is 7.63. The highest BCUT2D eigenvalue weighted by Gasteiger charge is 2.09. The molecule has 0 aliphatic rings. The van der Waals surface area contributed by atoms with E-state index in [-0.39, 0.29) is 6.10 Å². The largest absolute Gasteiger partial charge is 0.392 e. The average molecular weight is 238 g/mol. The van der Waals surface area contributed by atoms with E-state index in [0.717, 1.165) is 12.2 Å². The minimum atomic E-state index is -0.222. The fourth-order valence-electron chi connectivity index (χ4n) is 1.55. The lowest BCUT2D eigenvalue weighted by Crippen LogP contribution is -2.16. The van der Waals surface area contributed by atoms with Gasteiger partial charge in [0.1, 0.15) is 0 Å². The molecule has 0 radical (unpaired) electrons. The SMILES string of the molecule is CCC(C)SCC(O)Cc1ccccc1C. The summed E-state index contributed by atoms with van der Waals surface area (Å²) in [6.07, 6.45) is 1.72. The van der Waals surface area contributed by atoms with Gasteiger partial charge in [-0.15, -0.1) is 0 Å². The van der Waals surface area contributed by atoms with Crippen molar-refractivity contribution in [2.24, 2.45) is 0 Å². The minimum Gasteiger partial charge on any atom is -0.392 e. The lowest BCUT2D eigenvalue weighted by molar-refractivity contribution is 0.200. The summed E-state index contributed by atoms with van der Waals surface area (Å²) in [5.41, 5.74) is 2.54. The molecule has 2 atom stereocenters. The van der Waals surface area contributed by atoms with Crippen LogP contribution in [0.5, 0.6) is 0 Å².